The summed E-state index contributed by atoms with van der Waals surface area (Å²) in [5.41, 5.74) is 6.96. The Morgan fingerprint density at radius 1 is 1.07 bits per heavy atom. The van der Waals surface area contributed by atoms with Crippen LogP contribution in [-0.4, -0.2) is 12.1 Å². The normalized spacial score (nSPS) is 10.8. The van der Waals surface area contributed by atoms with Gasteiger partial charge < -0.3 is 4.74 Å². The molecule has 0 aliphatic heterocycles. The largest absolute Gasteiger partial charge is 0.488 e. The predicted octanol–water partition coefficient (Wildman–Crippen LogP) is 5.30. The number of ether oxygens (including phenoxy) is 1. The molecule has 0 spiro atoms. The smallest absolute Gasteiger partial charge is 0.271 e. The Bertz CT molecular complexity index is 998. The molecule has 0 aromatic heterocycles. The summed E-state index contributed by atoms with van der Waals surface area (Å²) < 4.78 is 5.91. The topological polar surface area (TPSA) is 50.7 Å². The first-order chi connectivity index (χ1) is 13.5. The van der Waals surface area contributed by atoms with Crippen LogP contribution >= 0.6 is 11.6 Å². The lowest BCUT2D eigenvalue weighted by molar-refractivity contribution is 0.0955. The van der Waals surface area contributed by atoms with Crippen molar-refractivity contribution in [1.29, 1.82) is 0 Å². The summed E-state index contributed by atoms with van der Waals surface area (Å²) in [6.07, 6.45) is 1.57. The number of aryl methyl sites for hydroxylation is 2. The minimum absolute atomic E-state index is 0.323. The first-order valence-corrected chi connectivity index (χ1v) is 9.27. The monoisotopic (exact) mass is 392 g/mol. The van der Waals surface area contributed by atoms with Crippen molar-refractivity contribution in [2.24, 2.45) is 5.10 Å². The van der Waals surface area contributed by atoms with Crippen LogP contribution in [0.15, 0.2) is 71.8 Å². The van der Waals surface area contributed by atoms with Gasteiger partial charge in [0.2, 0.25) is 0 Å². The Kier molecular flexibility index (Phi) is 6.45. The van der Waals surface area contributed by atoms with Crippen molar-refractivity contribution in [3.8, 4) is 5.75 Å². The summed E-state index contributed by atoms with van der Waals surface area (Å²) in [6, 6.07) is 20.9. The zero-order valence-corrected chi connectivity index (χ0v) is 16.5. The Morgan fingerprint density at radius 2 is 1.82 bits per heavy atom. The molecule has 0 aliphatic rings. The summed E-state index contributed by atoms with van der Waals surface area (Å²) in [6.45, 7) is 4.39. The summed E-state index contributed by atoms with van der Waals surface area (Å²) in [5.74, 6) is 0.371. The Morgan fingerprint density at radius 3 is 2.57 bits per heavy atom. The number of hydrogen-bond donors (Lipinski definition) is 1. The SMILES string of the molecule is Cc1ccc(COc2ccccc2/C=N\NC(=O)c2ccc(C)c(Cl)c2)cc1. The summed E-state index contributed by atoms with van der Waals surface area (Å²) >= 11 is 6.07. The van der Waals surface area contributed by atoms with Crippen molar-refractivity contribution in [3.63, 3.8) is 0 Å². The van der Waals surface area contributed by atoms with Crippen LogP contribution in [0.2, 0.25) is 5.02 Å². The number of para-hydroxylation sites is 1. The highest BCUT2D eigenvalue weighted by Gasteiger charge is 2.07. The van der Waals surface area contributed by atoms with Crippen LogP contribution in [0.1, 0.15) is 32.6 Å². The fraction of sp³-hybridized carbons (Fsp3) is 0.130. The van der Waals surface area contributed by atoms with E-state index in [2.05, 4.69) is 29.6 Å². The number of carbonyl (C=O) groups excluding carboxylic acids is 1. The van der Waals surface area contributed by atoms with Gasteiger partial charge in [-0.15, -0.1) is 0 Å². The van der Waals surface area contributed by atoms with Crippen molar-refractivity contribution < 1.29 is 9.53 Å². The van der Waals surface area contributed by atoms with Crippen molar-refractivity contribution in [3.05, 3.63) is 99.6 Å². The first-order valence-electron chi connectivity index (χ1n) is 8.90. The molecule has 0 aliphatic carbocycles. The van der Waals surface area contributed by atoms with E-state index >= 15 is 0 Å². The number of amides is 1. The van der Waals surface area contributed by atoms with E-state index in [0.717, 1.165) is 16.7 Å². The lowest BCUT2D eigenvalue weighted by atomic mass is 10.1. The van der Waals surface area contributed by atoms with Crippen LogP contribution in [0.3, 0.4) is 0 Å². The highest BCUT2D eigenvalue weighted by molar-refractivity contribution is 6.31. The molecule has 1 N–H and O–H groups in total. The molecule has 1 amide bonds. The van der Waals surface area contributed by atoms with E-state index in [-0.39, 0.29) is 5.91 Å². The fourth-order valence-electron chi connectivity index (χ4n) is 2.52. The van der Waals surface area contributed by atoms with Crippen LogP contribution in [0.5, 0.6) is 5.75 Å². The molecule has 3 aromatic carbocycles. The van der Waals surface area contributed by atoms with Crippen molar-refractivity contribution in [2.75, 3.05) is 0 Å². The van der Waals surface area contributed by atoms with Crippen molar-refractivity contribution in [2.45, 2.75) is 20.5 Å². The molecule has 3 rings (SSSR count). The number of hydrazone groups is 1. The molecule has 0 saturated heterocycles. The molecule has 0 bridgehead atoms. The molecule has 0 fully saturated rings. The molecular formula is C23H21ClN2O2. The lowest BCUT2D eigenvalue weighted by Crippen LogP contribution is -2.17. The second-order valence-corrected chi connectivity index (χ2v) is 6.88. The van der Waals surface area contributed by atoms with Crippen molar-refractivity contribution >= 4 is 23.7 Å². The minimum atomic E-state index is -0.323. The van der Waals surface area contributed by atoms with Gasteiger partial charge in [0.05, 0.1) is 6.21 Å². The van der Waals surface area contributed by atoms with Gasteiger partial charge in [0.25, 0.3) is 5.91 Å². The second-order valence-electron chi connectivity index (χ2n) is 6.48. The quantitative estimate of drug-likeness (QED) is 0.457. The van der Waals surface area contributed by atoms with Crippen LogP contribution < -0.4 is 10.2 Å². The van der Waals surface area contributed by atoms with E-state index in [1.807, 2.05) is 43.3 Å². The minimum Gasteiger partial charge on any atom is -0.488 e. The van der Waals surface area contributed by atoms with Gasteiger partial charge in [0.15, 0.2) is 0 Å². The third-order valence-electron chi connectivity index (χ3n) is 4.24. The third-order valence-corrected chi connectivity index (χ3v) is 4.64. The third kappa shape index (κ3) is 5.21. The Hall–Kier alpha value is -3.11. The van der Waals surface area contributed by atoms with E-state index in [1.165, 1.54) is 5.56 Å². The van der Waals surface area contributed by atoms with Crippen LogP contribution in [0.25, 0.3) is 0 Å². The van der Waals surface area contributed by atoms with Gasteiger partial charge >= 0.3 is 0 Å². The number of rotatable bonds is 6. The molecule has 0 heterocycles. The van der Waals surface area contributed by atoms with E-state index in [1.54, 1.807) is 24.4 Å². The van der Waals surface area contributed by atoms with Gasteiger partial charge in [0, 0.05) is 16.1 Å². The van der Waals surface area contributed by atoms with Gasteiger partial charge in [-0.25, -0.2) is 5.43 Å². The molecular weight excluding hydrogens is 372 g/mol. The van der Waals surface area contributed by atoms with Gasteiger partial charge in [-0.05, 0) is 49.2 Å². The van der Waals surface area contributed by atoms with E-state index in [9.17, 15) is 4.79 Å². The van der Waals surface area contributed by atoms with E-state index in [0.29, 0.717) is 22.9 Å². The molecule has 3 aromatic rings. The summed E-state index contributed by atoms with van der Waals surface area (Å²) in [5, 5.41) is 4.60. The average Bonchev–Trinajstić information content (AvgIpc) is 2.70. The van der Waals surface area contributed by atoms with Crippen molar-refractivity contribution in [1.82, 2.24) is 5.43 Å². The second kappa shape index (κ2) is 9.20. The Balaban J connectivity index is 1.64. The number of nitrogens with zero attached hydrogens (tertiary/aromatic N) is 1. The summed E-state index contributed by atoms with van der Waals surface area (Å²) in [7, 11) is 0. The molecule has 28 heavy (non-hydrogen) atoms. The maximum Gasteiger partial charge on any atom is 0.271 e. The van der Waals surface area contributed by atoms with Crippen LogP contribution in [-0.2, 0) is 6.61 Å². The zero-order valence-electron chi connectivity index (χ0n) is 15.8. The van der Waals surface area contributed by atoms with Gasteiger partial charge in [-0.1, -0.05) is 59.6 Å². The number of benzene rings is 3. The lowest BCUT2D eigenvalue weighted by Gasteiger charge is -2.09. The van der Waals surface area contributed by atoms with Crippen LogP contribution in [0, 0.1) is 13.8 Å². The highest BCUT2D eigenvalue weighted by atomic mass is 35.5. The average molecular weight is 393 g/mol. The first kappa shape index (κ1) is 19.6. The molecule has 0 atom stereocenters. The number of carbonyl (C=O) groups is 1. The molecule has 0 unspecified atom stereocenters. The van der Waals surface area contributed by atoms with Gasteiger partial charge in [-0.2, -0.15) is 5.10 Å². The maximum atomic E-state index is 12.2. The molecule has 142 valence electrons. The number of nitrogens with one attached hydrogen (secondary N) is 1. The van der Waals surface area contributed by atoms with Gasteiger partial charge in [-0.3, -0.25) is 4.79 Å². The van der Waals surface area contributed by atoms with Crippen LogP contribution in [0.4, 0.5) is 0 Å². The number of halogens is 1. The molecule has 5 heteroatoms. The maximum absolute atomic E-state index is 12.2. The molecule has 0 saturated carbocycles. The number of hydrogen-bond acceptors (Lipinski definition) is 3. The van der Waals surface area contributed by atoms with E-state index < -0.39 is 0 Å². The Labute approximate surface area is 169 Å². The molecule has 0 radical (unpaired) electrons. The van der Waals surface area contributed by atoms with E-state index in [4.69, 9.17) is 16.3 Å². The van der Waals surface area contributed by atoms with Gasteiger partial charge in [0.1, 0.15) is 12.4 Å². The molecule has 4 nitrogen and oxygen atoms in total. The zero-order chi connectivity index (χ0) is 19.9. The summed E-state index contributed by atoms with van der Waals surface area (Å²) in [4.78, 5) is 12.2. The predicted molar refractivity (Wildman–Crippen MR) is 113 cm³/mol. The fourth-order valence-corrected chi connectivity index (χ4v) is 2.70. The standard InChI is InChI=1S/C23H21ClN2O2/c1-16-7-10-18(11-8-16)15-28-22-6-4-3-5-20(22)14-25-26-23(27)19-12-9-17(2)21(24)13-19/h3-14H,15H2,1-2H3,(H,26,27)/b25-14-. The highest BCUT2D eigenvalue weighted by Crippen LogP contribution is 2.18.